The van der Waals surface area contributed by atoms with Crippen molar-refractivity contribution in [3.63, 3.8) is 0 Å². The number of amides is 1. The number of ketones is 1. The van der Waals surface area contributed by atoms with Crippen LogP contribution in [0.1, 0.15) is 40.9 Å². The van der Waals surface area contributed by atoms with E-state index in [-0.39, 0.29) is 11.7 Å². The van der Waals surface area contributed by atoms with Crippen molar-refractivity contribution in [1.29, 1.82) is 0 Å². The van der Waals surface area contributed by atoms with Crippen LogP contribution in [-0.4, -0.2) is 28.3 Å². The van der Waals surface area contributed by atoms with Crippen molar-refractivity contribution in [3.8, 4) is 11.3 Å². The van der Waals surface area contributed by atoms with Gasteiger partial charge in [0.2, 0.25) is 5.91 Å². The zero-order chi connectivity index (χ0) is 20.2. The molecule has 3 aromatic rings. The monoisotopic (exact) mass is 408 g/mol. The molecule has 1 aliphatic rings. The standard InChI is InChI=1S/C23H21ClN2O3/c24-18-11-9-17(10-12-18)23-19-13-14-26(15-20(19)25-29-23)22(28)8-4-7-21(27)16-5-2-1-3-6-16/h1-3,5-6,9-12H,4,7-8,13-15H2. The van der Waals surface area contributed by atoms with Gasteiger partial charge in [-0.3, -0.25) is 9.59 Å². The molecule has 1 aliphatic heterocycles. The Balaban J connectivity index is 1.33. The van der Waals surface area contributed by atoms with Crippen molar-refractivity contribution < 1.29 is 14.1 Å². The first-order valence-electron chi connectivity index (χ1n) is 9.71. The van der Waals surface area contributed by atoms with E-state index in [0.717, 1.165) is 22.6 Å². The molecule has 0 saturated carbocycles. The Hall–Kier alpha value is -2.92. The summed E-state index contributed by atoms with van der Waals surface area (Å²) in [6, 6.07) is 16.6. The van der Waals surface area contributed by atoms with E-state index < -0.39 is 0 Å². The van der Waals surface area contributed by atoms with E-state index in [1.807, 2.05) is 42.5 Å². The maximum Gasteiger partial charge on any atom is 0.222 e. The number of hydrogen-bond donors (Lipinski definition) is 0. The first-order valence-corrected chi connectivity index (χ1v) is 10.1. The second-order valence-electron chi connectivity index (χ2n) is 7.15. The molecule has 0 fully saturated rings. The van der Waals surface area contributed by atoms with E-state index in [0.29, 0.717) is 49.4 Å². The number of aromatic nitrogens is 1. The molecule has 0 N–H and O–H groups in total. The third-order valence-electron chi connectivity index (χ3n) is 5.19. The van der Waals surface area contributed by atoms with Crippen molar-refractivity contribution in [3.05, 3.63) is 76.4 Å². The Bertz CT molecular complexity index is 1010. The van der Waals surface area contributed by atoms with Crippen LogP contribution in [0.2, 0.25) is 5.02 Å². The normalized spacial score (nSPS) is 13.2. The van der Waals surface area contributed by atoms with E-state index >= 15 is 0 Å². The van der Waals surface area contributed by atoms with Crippen LogP contribution in [0.3, 0.4) is 0 Å². The van der Waals surface area contributed by atoms with Crippen molar-refractivity contribution in [1.82, 2.24) is 10.1 Å². The molecule has 2 heterocycles. The number of carbonyl (C=O) groups is 2. The number of nitrogens with zero attached hydrogens (tertiary/aromatic N) is 2. The van der Waals surface area contributed by atoms with Crippen LogP contribution in [0.25, 0.3) is 11.3 Å². The fourth-order valence-electron chi connectivity index (χ4n) is 3.60. The highest BCUT2D eigenvalue weighted by Gasteiger charge is 2.27. The number of halogens is 1. The van der Waals surface area contributed by atoms with E-state index in [2.05, 4.69) is 5.16 Å². The van der Waals surface area contributed by atoms with Gasteiger partial charge in [-0.25, -0.2) is 0 Å². The van der Waals surface area contributed by atoms with Crippen LogP contribution < -0.4 is 0 Å². The summed E-state index contributed by atoms with van der Waals surface area (Å²) < 4.78 is 5.56. The summed E-state index contributed by atoms with van der Waals surface area (Å²) >= 11 is 5.95. The minimum absolute atomic E-state index is 0.0487. The Morgan fingerprint density at radius 3 is 2.55 bits per heavy atom. The second-order valence-corrected chi connectivity index (χ2v) is 7.59. The van der Waals surface area contributed by atoms with Gasteiger partial charge in [-0.05, 0) is 37.1 Å². The van der Waals surface area contributed by atoms with Crippen LogP contribution in [0.15, 0.2) is 59.1 Å². The molecule has 4 rings (SSSR count). The fraction of sp³-hybridized carbons (Fsp3) is 0.261. The average Bonchev–Trinajstić information content (AvgIpc) is 3.18. The molecular weight excluding hydrogens is 388 g/mol. The van der Waals surface area contributed by atoms with Gasteiger partial charge in [0.15, 0.2) is 11.5 Å². The fourth-order valence-corrected chi connectivity index (χ4v) is 3.72. The quantitative estimate of drug-likeness (QED) is 0.542. The van der Waals surface area contributed by atoms with Crippen molar-refractivity contribution in [2.24, 2.45) is 0 Å². The minimum atomic E-state index is 0.0487. The third kappa shape index (κ3) is 4.40. The number of rotatable bonds is 6. The zero-order valence-electron chi connectivity index (χ0n) is 15.9. The number of fused-ring (bicyclic) bond motifs is 1. The molecule has 6 heteroatoms. The summed E-state index contributed by atoms with van der Waals surface area (Å²) in [4.78, 5) is 26.5. The molecule has 0 saturated heterocycles. The topological polar surface area (TPSA) is 63.4 Å². The highest BCUT2D eigenvalue weighted by Crippen LogP contribution is 2.31. The number of benzene rings is 2. The van der Waals surface area contributed by atoms with Gasteiger partial charge < -0.3 is 9.42 Å². The Morgan fingerprint density at radius 1 is 1.03 bits per heavy atom. The summed E-state index contributed by atoms with van der Waals surface area (Å²) in [5.74, 6) is 0.869. The van der Waals surface area contributed by atoms with Gasteiger partial charge in [0, 0.05) is 41.1 Å². The van der Waals surface area contributed by atoms with Gasteiger partial charge in [-0.2, -0.15) is 0 Å². The van der Waals surface area contributed by atoms with Crippen LogP contribution in [0.4, 0.5) is 0 Å². The molecule has 2 aromatic carbocycles. The van der Waals surface area contributed by atoms with Gasteiger partial charge in [0.1, 0.15) is 5.69 Å². The molecule has 29 heavy (non-hydrogen) atoms. The van der Waals surface area contributed by atoms with Gasteiger partial charge in [-0.15, -0.1) is 0 Å². The lowest BCUT2D eigenvalue weighted by atomic mass is 10.00. The second kappa shape index (κ2) is 8.62. The minimum Gasteiger partial charge on any atom is -0.356 e. The third-order valence-corrected chi connectivity index (χ3v) is 5.44. The first kappa shape index (κ1) is 19.4. The predicted molar refractivity (Wildman–Crippen MR) is 111 cm³/mol. The lowest BCUT2D eigenvalue weighted by Crippen LogP contribution is -2.35. The zero-order valence-corrected chi connectivity index (χ0v) is 16.7. The Labute approximate surface area is 174 Å². The van der Waals surface area contributed by atoms with Crippen molar-refractivity contribution >= 4 is 23.3 Å². The number of carbonyl (C=O) groups excluding carboxylic acids is 2. The lowest BCUT2D eigenvalue weighted by molar-refractivity contribution is -0.132. The van der Waals surface area contributed by atoms with Crippen LogP contribution >= 0.6 is 11.6 Å². The first-order chi connectivity index (χ1) is 14.1. The van der Waals surface area contributed by atoms with Crippen molar-refractivity contribution in [2.45, 2.75) is 32.2 Å². The van der Waals surface area contributed by atoms with Gasteiger partial charge in [-0.1, -0.05) is 47.1 Å². The summed E-state index contributed by atoms with van der Waals surface area (Å²) in [7, 11) is 0. The summed E-state index contributed by atoms with van der Waals surface area (Å²) in [6.45, 7) is 1.07. The molecule has 1 amide bonds. The van der Waals surface area contributed by atoms with Crippen LogP contribution in [0, 0.1) is 0 Å². The molecule has 0 bridgehead atoms. The number of hydrogen-bond acceptors (Lipinski definition) is 4. The molecule has 1 aromatic heterocycles. The number of Topliss-reactive ketones (excluding diaryl/α,β-unsaturated/α-hetero) is 1. The van der Waals surface area contributed by atoms with Crippen LogP contribution in [-0.2, 0) is 17.8 Å². The highest BCUT2D eigenvalue weighted by molar-refractivity contribution is 6.30. The Morgan fingerprint density at radius 2 is 1.79 bits per heavy atom. The Kier molecular flexibility index (Phi) is 5.76. The van der Waals surface area contributed by atoms with Gasteiger partial charge in [0.25, 0.3) is 0 Å². The van der Waals surface area contributed by atoms with Gasteiger partial charge >= 0.3 is 0 Å². The van der Waals surface area contributed by atoms with Crippen LogP contribution in [0.5, 0.6) is 0 Å². The molecular formula is C23H21ClN2O3. The van der Waals surface area contributed by atoms with E-state index in [1.54, 1.807) is 17.0 Å². The maximum absolute atomic E-state index is 12.6. The summed E-state index contributed by atoms with van der Waals surface area (Å²) in [5, 5.41) is 4.85. The predicted octanol–water partition coefficient (Wildman–Crippen LogP) is 4.93. The molecule has 148 valence electrons. The molecule has 5 nitrogen and oxygen atoms in total. The van der Waals surface area contributed by atoms with E-state index in [4.69, 9.17) is 16.1 Å². The summed E-state index contributed by atoms with van der Waals surface area (Å²) in [5.41, 5.74) is 3.48. The lowest BCUT2D eigenvalue weighted by Gasteiger charge is -2.26. The van der Waals surface area contributed by atoms with E-state index in [9.17, 15) is 9.59 Å². The molecule has 0 spiro atoms. The largest absolute Gasteiger partial charge is 0.356 e. The van der Waals surface area contributed by atoms with E-state index in [1.165, 1.54) is 0 Å². The molecule has 0 aliphatic carbocycles. The maximum atomic E-state index is 12.6. The molecule has 0 atom stereocenters. The smallest absolute Gasteiger partial charge is 0.222 e. The summed E-state index contributed by atoms with van der Waals surface area (Å²) in [6.07, 6.45) is 1.98. The van der Waals surface area contributed by atoms with Gasteiger partial charge in [0.05, 0.1) is 6.54 Å². The average molecular weight is 409 g/mol. The van der Waals surface area contributed by atoms with Crippen molar-refractivity contribution in [2.75, 3.05) is 6.54 Å². The highest BCUT2D eigenvalue weighted by atomic mass is 35.5. The molecule has 0 unspecified atom stereocenters. The molecule has 0 radical (unpaired) electrons. The SMILES string of the molecule is O=C(CCCC(=O)N1CCc2c(noc2-c2ccc(Cl)cc2)C1)c1ccccc1.